The number of amides is 1. The molecule has 5 heteroatoms. The van der Waals surface area contributed by atoms with E-state index in [1.54, 1.807) is 0 Å². The normalized spacial score (nSPS) is 25.3. The van der Waals surface area contributed by atoms with Gasteiger partial charge in [0.2, 0.25) is 0 Å². The van der Waals surface area contributed by atoms with Crippen molar-refractivity contribution in [2.45, 2.75) is 45.6 Å². The zero-order valence-electron chi connectivity index (χ0n) is 12.6. The van der Waals surface area contributed by atoms with Gasteiger partial charge in [0.05, 0.1) is 6.42 Å². The van der Waals surface area contributed by atoms with Crippen LogP contribution in [0.25, 0.3) is 0 Å². The summed E-state index contributed by atoms with van der Waals surface area (Å²) in [7, 11) is 0. The summed E-state index contributed by atoms with van der Waals surface area (Å²) in [4.78, 5) is 24.5. The van der Waals surface area contributed by atoms with Crippen molar-refractivity contribution in [3.05, 3.63) is 22.4 Å². The highest BCUT2D eigenvalue weighted by atomic mass is 32.1. The van der Waals surface area contributed by atoms with Crippen LogP contribution < -0.4 is 5.32 Å². The van der Waals surface area contributed by atoms with Crippen molar-refractivity contribution in [2.24, 2.45) is 11.8 Å². The van der Waals surface area contributed by atoms with Crippen molar-refractivity contribution in [3.8, 4) is 0 Å². The second kappa shape index (κ2) is 7.59. The average Bonchev–Trinajstić information content (AvgIpc) is 2.94. The largest absolute Gasteiger partial charge is 0.455 e. The van der Waals surface area contributed by atoms with E-state index in [4.69, 9.17) is 4.74 Å². The highest BCUT2D eigenvalue weighted by Gasteiger charge is 2.28. The van der Waals surface area contributed by atoms with E-state index in [1.165, 1.54) is 17.8 Å². The minimum atomic E-state index is -0.349. The smallest absolute Gasteiger partial charge is 0.311 e. The van der Waals surface area contributed by atoms with Crippen LogP contribution in [0.15, 0.2) is 17.5 Å². The molecule has 1 heterocycles. The van der Waals surface area contributed by atoms with E-state index in [0.29, 0.717) is 11.8 Å². The Labute approximate surface area is 129 Å². The number of hydrogen-bond donors (Lipinski definition) is 1. The van der Waals surface area contributed by atoms with E-state index in [1.807, 2.05) is 17.5 Å². The Morgan fingerprint density at radius 3 is 2.90 bits per heavy atom. The van der Waals surface area contributed by atoms with Gasteiger partial charge in [0, 0.05) is 10.9 Å². The van der Waals surface area contributed by atoms with Gasteiger partial charge in [-0.15, -0.1) is 11.3 Å². The van der Waals surface area contributed by atoms with Crippen LogP contribution in [0.1, 0.15) is 38.0 Å². The molecule has 1 amide bonds. The summed E-state index contributed by atoms with van der Waals surface area (Å²) in [5.41, 5.74) is 0. The molecule has 0 aromatic carbocycles. The highest BCUT2D eigenvalue weighted by molar-refractivity contribution is 7.10. The number of hydrogen-bond acceptors (Lipinski definition) is 4. The lowest BCUT2D eigenvalue weighted by molar-refractivity contribution is -0.148. The SMILES string of the molecule is C[C@H]1[C@@H](C)CCC[C@H]1NC(=O)COC(=O)Cc1cccs1. The van der Waals surface area contributed by atoms with Gasteiger partial charge in [-0.05, 0) is 29.7 Å². The first-order chi connectivity index (χ1) is 10.1. The van der Waals surface area contributed by atoms with Crippen molar-refractivity contribution in [1.82, 2.24) is 5.32 Å². The molecule has 0 spiro atoms. The summed E-state index contributed by atoms with van der Waals surface area (Å²) in [6, 6.07) is 3.99. The number of rotatable bonds is 5. The maximum Gasteiger partial charge on any atom is 0.311 e. The molecule has 0 radical (unpaired) electrons. The predicted octanol–water partition coefficient (Wildman–Crippen LogP) is 2.77. The summed E-state index contributed by atoms with van der Waals surface area (Å²) in [6.07, 6.45) is 3.63. The Morgan fingerprint density at radius 2 is 2.19 bits per heavy atom. The molecule has 2 rings (SSSR count). The lowest BCUT2D eigenvalue weighted by Crippen LogP contribution is -2.45. The van der Waals surface area contributed by atoms with Crippen LogP contribution >= 0.6 is 11.3 Å². The van der Waals surface area contributed by atoms with Crippen molar-refractivity contribution >= 4 is 23.2 Å². The Kier molecular flexibility index (Phi) is 5.79. The summed E-state index contributed by atoms with van der Waals surface area (Å²) < 4.78 is 5.04. The van der Waals surface area contributed by atoms with Gasteiger partial charge in [-0.3, -0.25) is 9.59 Å². The third kappa shape index (κ3) is 4.84. The van der Waals surface area contributed by atoms with Gasteiger partial charge in [0.1, 0.15) is 0 Å². The molecule has 1 aliphatic carbocycles. The van der Waals surface area contributed by atoms with Crippen molar-refractivity contribution in [1.29, 1.82) is 0 Å². The molecular formula is C16H23NO3S. The maximum absolute atomic E-state index is 11.9. The minimum absolute atomic E-state index is 0.179. The van der Waals surface area contributed by atoms with Crippen molar-refractivity contribution < 1.29 is 14.3 Å². The number of esters is 1. The predicted molar refractivity (Wildman–Crippen MR) is 83.1 cm³/mol. The molecule has 0 bridgehead atoms. The van der Waals surface area contributed by atoms with Gasteiger partial charge in [-0.1, -0.05) is 32.8 Å². The topological polar surface area (TPSA) is 55.4 Å². The Bertz CT molecular complexity index is 472. The minimum Gasteiger partial charge on any atom is -0.455 e. The second-order valence-electron chi connectivity index (χ2n) is 5.86. The van der Waals surface area contributed by atoms with Gasteiger partial charge in [0.15, 0.2) is 6.61 Å². The fourth-order valence-electron chi connectivity index (χ4n) is 2.79. The maximum atomic E-state index is 11.9. The lowest BCUT2D eigenvalue weighted by atomic mass is 9.78. The second-order valence-corrected chi connectivity index (χ2v) is 6.89. The first-order valence-corrected chi connectivity index (χ1v) is 8.41. The van der Waals surface area contributed by atoms with Crippen LogP contribution in [0.3, 0.4) is 0 Å². The summed E-state index contributed by atoms with van der Waals surface area (Å²) >= 11 is 1.51. The van der Waals surface area contributed by atoms with Gasteiger partial charge in [0.25, 0.3) is 5.91 Å². The molecule has 1 fully saturated rings. The van der Waals surface area contributed by atoms with E-state index < -0.39 is 0 Å². The van der Waals surface area contributed by atoms with Gasteiger partial charge in [-0.2, -0.15) is 0 Å². The molecule has 21 heavy (non-hydrogen) atoms. The van der Waals surface area contributed by atoms with Crippen LogP contribution in [0.4, 0.5) is 0 Å². The number of nitrogens with one attached hydrogen (secondary N) is 1. The Balaban J connectivity index is 1.70. The number of thiophene rings is 1. The van der Waals surface area contributed by atoms with E-state index >= 15 is 0 Å². The lowest BCUT2D eigenvalue weighted by Gasteiger charge is -2.34. The van der Waals surface area contributed by atoms with Crippen LogP contribution in [0.5, 0.6) is 0 Å². The Hall–Kier alpha value is -1.36. The summed E-state index contributed by atoms with van der Waals surface area (Å²) in [5.74, 6) is 0.563. The van der Waals surface area contributed by atoms with E-state index in [2.05, 4.69) is 19.2 Å². The van der Waals surface area contributed by atoms with Gasteiger partial charge < -0.3 is 10.1 Å². The molecule has 1 aromatic heterocycles. The first-order valence-electron chi connectivity index (χ1n) is 7.53. The fraction of sp³-hybridized carbons (Fsp3) is 0.625. The van der Waals surface area contributed by atoms with Crippen LogP contribution in [0, 0.1) is 11.8 Å². The summed E-state index contributed by atoms with van der Waals surface area (Å²) in [5, 5.41) is 4.92. The zero-order chi connectivity index (χ0) is 15.2. The molecule has 116 valence electrons. The number of carbonyl (C=O) groups is 2. The molecule has 1 N–H and O–H groups in total. The van der Waals surface area contributed by atoms with E-state index in [0.717, 1.165) is 17.7 Å². The van der Waals surface area contributed by atoms with E-state index in [-0.39, 0.29) is 30.9 Å². The monoisotopic (exact) mass is 309 g/mol. The van der Waals surface area contributed by atoms with Crippen LogP contribution in [-0.2, 0) is 20.7 Å². The molecule has 0 unspecified atom stereocenters. The molecule has 3 atom stereocenters. The van der Waals surface area contributed by atoms with Gasteiger partial charge in [-0.25, -0.2) is 0 Å². The molecule has 0 saturated heterocycles. The fourth-order valence-corrected chi connectivity index (χ4v) is 3.48. The quantitative estimate of drug-likeness (QED) is 0.851. The molecule has 4 nitrogen and oxygen atoms in total. The van der Waals surface area contributed by atoms with Gasteiger partial charge >= 0.3 is 5.97 Å². The third-order valence-corrected chi connectivity index (χ3v) is 5.19. The van der Waals surface area contributed by atoms with Crippen molar-refractivity contribution in [3.63, 3.8) is 0 Å². The zero-order valence-corrected chi connectivity index (χ0v) is 13.4. The van der Waals surface area contributed by atoms with Crippen LogP contribution in [0.2, 0.25) is 0 Å². The Morgan fingerprint density at radius 1 is 1.38 bits per heavy atom. The third-order valence-electron chi connectivity index (χ3n) is 4.32. The standard InChI is InChI=1S/C16H23NO3S/c1-11-5-3-7-14(12(11)2)17-15(18)10-20-16(19)9-13-6-4-8-21-13/h4,6,8,11-12,14H,3,5,7,9-10H2,1-2H3,(H,17,18)/t11-,12-,14+/m0/s1. The molecule has 0 aliphatic heterocycles. The first kappa shape index (κ1) is 16.0. The van der Waals surface area contributed by atoms with E-state index in [9.17, 15) is 9.59 Å². The summed E-state index contributed by atoms with van der Waals surface area (Å²) in [6.45, 7) is 4.23. The average molecular weight is 309 g/mol. The molecule has 1 aliphatic rings. The van der Waals surface area contributed by atoms with Crippen LogP contribution in [-0.4, -0.2) is 24.5 Å². The molecule has 1 saturated carbocycles. The molecule has 1 aromatic rings. The number of ether oxygens (including phenoxy) is 1. The number of carbonyl (C=O) groups excluding carboxylic acids is 2. The highest BCUT2D eigenvalue weighted by Crippen LogP contribution is 2.29. The molecular weight excluding hydrogens is 286 g/mol. The van der Waals surface area contributed by atoms with Crippen molar-refractivity contribution in [2.75, 3.05) is 6.61 Å².